The fourth-order valence-corrected chi connectivity index (χ4v) is 1.73. The van der Waals surface area contributed by atoms with E-state index in [1.54, 1.807) is 22.2 Å². The van der Waals surface area contributed by atoms with Crippen LogP contribution in [0.5, 0.6) is 0 Å². The zero-order valence-corrected chi connectivity index (χ0v) is 8.99. The summed E-state index contributed by atoms with van der Waals surface area (Å²) in [6.45, 7) is 1.89. The predicted octanol–water partition coefficient (Wildman–Crippen LogP) is 0.965. The highest BCUT2D eigenvalue weighted by Crippen LogP contribution is 2.10. The molecule has 0 radical (unpaired) electrons. The summed E-state index contributed by atoms with van der Waals surface area (Å²) in [4.78, 5) is 10.7. The van der Waals surface area contributed by atoms with Gasteiger partial charge in [-0.2, -0.15) is 11.3 Å². The second-order valence-corrected chi connectivity index (χ2v) is 3.83. The maximum Gasteiger partial charge on any atom is 0.217 e. The molecule has 0 fully saturated rings. The van der Waals surface area contributed by atoms with E-state index < -0.39 is 0 Å². The van der Waals surface area contributed by atoms with Crippen LogP contribution in [-0.4, -0.2) is 20.9 Å². The first kappa shape index (κ1) is 9.85. The van der Waals surface area contributed by atoms with Crippen molar-refractivity contribution in [2.24, 2.45) is 0 Å². The minimum atomic E-state index is -0.0694. The molecule has 0 aliphatic carbocycles. The number of hydrogen-bond donors (Lipinski definition) is 1. The smallest absolute Gasteiger partial charge is 0.217 e. The number of amides is 1. The van der Waals surface area contributed by atoms with E-state index in [-0.39, 0.29) is 5.91 Å². The summed E-state index contributed by atoms with van der Waals surface area (Å²) in [6.07, 6.45) is 1.80. The number of nitrogens with zero attached hydrogens (tertiary/aromatic N) is 3. The molecule has 2 heterocycles. The molecule has 0 aromatic carbocycles. The second kappa shape index (κ2) is 4.22. The number of carbonyl (C=O) groups is 1. The summed E-state index contributed by atoms with van der Waals surface area (Å²) in [5.74, 6) is -0.0694. The number of thiophene rings is 1. The number of rotatable bonds is 3. The van der Waals surface area contributed by atoms with Crippen LogP contribution < -0.4 is 5.32 Å². The van der Waals surface area contributed by atoms with Gasteiger partial charge >= 0.3 is 0 Å². The molecule has 0 bridgehead atoms. The van der Waals surface area contributed by atoms with Gasteiger partial charge in [0, 0.05) is 12.3 Å². The molecule has 0 spiro atoms. The highest BCUT2D eigenvalue weighted by molar-refractivity contribution is 7.08. The fourth-order valence-electron chi connectivity index (χ4n) is 1.11. The Morgan fingerprint density at radius 1 is 1.67 bits per heavy atom. The SMILES string of the molecule is CC(=O)NCc1cn(-c2ccsc2)nn1. The van der Waals surface area contributed by atoms with Crippen LogP contribution in [0.4, 0.5) is 0 Å². The van der Waals surface area contributed by atoms with E-state index in [1.807, 2.05) is 16.8 Å². The molecule has 0 aliphatic rings. The third-order valence-electron chi connectivity index (χ3n) is 1.83. The van der Waals surface area contributed by atoms with Gasteiger partial charge < -0.3 is 5.32 Å². The van der Waals surface area contributed by atoms with Gasteiger partial charge in [0.2, 0.25) is 5.91 Å². The molecule has 1 N–H and O–H groups in total. The fraction of sp³-hybridized carbons (Fsp3) is 0.222. The Kier molecular flexibility index (Phi) is 2.77. The van der Waals surface area contributed by atoms with E-state index in [1.165, 1.54) is 6.92 Å². The van der Waals surface area contributed by atoms with Gasteiger partial charge in [0.05, 0.1) is 18.4 Å². The van der Waals surface area contributed by atoms with Gasteiger partial charge in [-0.25, -0.2) is 4.68 Å². The van der Waals surface area contributed by atoms with Gasteiger partial charge in [-0.3, -0.25) is 4.79 Å². The lowest BCUT2D eigenvalue weighted by Crippen LogP contribution is -2.19. The van der Waals surface area contributed by atoms with Crippen molar-refractivity contribution in [1.82, 2.24) is 20.3 Å². The molecule has 0 atom stereocenters. The van der Waals surface area contributed by atoms with E-state index in [2.05, 4.69) is 15.6 Å². The number of aromatic nitrogens is 3. The van der Waals surface area contributed by atoms with Crippen molar-refractivity contribution in [3.63, 3.8) is 0 Å². The van der Waals surface area contributed by atoms with E-state index in [0.717, 1.165) is 11.4 Å². The molecule has 0 saturated heterocycles. The first-order chi connectivity index (χ1) is 7.25. The van der Waals surface area contributed by atoms with Crippen LogP contribution in [0.3, 0.4) is 0 Å². The Morgan fingerprint density at radius 2 is 2.53 bits per heavy atom. The average Bonchev–Trinajstić information content (AvgIpc) is 2.85. The van der Waals surface area contributed by atoms with Gasteiger partial charge in [-0.15, -0.1) is 5.10 Å². The van der Waals surface area contributed by atoms with Gasteiger partial charge in [-0.05, 0) is 11.4 Å². The molecule has 2 aromatic rings. The average molecular weight is 222 g/mol. The van der Waals surface area contributed by atoms with Crippen LogP contribution in [0.2, 0.25) is 0 Å². The van der Waals surface area contributed by atoms with Crippen LogP contribution in [0, 0.1) is 0 Å². The van der Waals surface area contributed by atoms with Crippen molar-refractivity contribution < 1.29 is 4.79 Å². The van der Waals surface area contributed by atoms with E-state index in [4.69, 9.17) is 0 Å². The van der Waals surface area contributed by atoms with Crippen molar-refractivity contribution in [3.8, 4) is 5.69 Å². The largest absolute Gasteiger partial charge is 0.351 e. The Morgan fingerprint density at radius 3 is 3.20 bits per heavy atom. The standard InChI is InChI=1S/C9H10N4OS/c1-7(14)10-4-8-5-13(12-11-8)9-2-3-15-6-9/h2-3,5-6H,4H2,1H3,(H,10,14). The third kappa shape index (κ3) is 2.41. The van der Waals surface area contributed by atoms with Crippen molar-refractivity contribution in [2.45, 2.75) is 13.5 Å². The summed E-state index contributed by atoms with van der Waals surface area (Å²) in [7, 11) is 0. The molecule has 78 valence electrons. The lowest BCUT2D eigenvalue weighted by Gasteiger charge is -1.95. The van der Waals surface area contributed by atoms with Gasteiger partial charge in [0.1, 0.15) is 5.69 Å². The summed E-state index contributed by atoms with van der Waals surface area (Å²) in [5, 5.41) is 14.5. The van der Waals surface area contributed by atoms with E-state index >= 15 is 0 Å². The molecule has 0 unspecified atom stereocenters. The van der Waals surface area contributed by atoms with E-state index in [0.29, 0.717) is 6.54 Å². The van der Waals surface area contributed by atoms with Gasteiger partial charge in [-0.1, -0.05) is 5.21 Å². The van der Waals surface area contributed by atoms with Crippen LogP contribution in [0.1, 0.15) is 12.6 Å². The minimum Gasteiger partial charge on any atom is -0.351 e. The summed E-state index contributed by atoms with van der Waals surface area (Å²) >= 11 is 1.60. The van der Waals surface area contributed by atoms with Gasteiger partial charge in [0.15, 0.2) is 0 Å². The molecule has 6 heteroatoms. The molecule has 15 heavy (non-hydrogen) atoms. The van der Waals surface area contributed by atoms with Crippen molar-refractivity contribution >= 4 is 17.2 Å². The molecule has 2 aromatic heterocycles. The molecular formula is C9H10N4OS. The van der Waals surface area contributed by atoms with Crippen LogP contribution in [-0.2, 0) is 11.3 Å². The highest BCUT2D eigenvalue weighted by atomic mass is 32.1. The number of nitrogens with one attached hydrogen (secondary N) is 1. The predicted molar refractivity (Wildman–Crippen MR) is 56.8 cm³/mol. The topological polar surface area (TPSA) is 59.8 Å². The molecule has 1 amide bonds. The summed E-state index contributed by atoms with van der Waals surface area (Å²) < 4.78 is 1.69. The number of carbonyl (C=O) groups excluding carboxylic acids is 1. The van der Waals surface area contributed by atoms with Crippen LogP contribution in [0.25, 0.3) is 5.69 Å². The molecule has 5 nitrogen and oxygen atoms in total. The lowest BCUT2D eigenvalue weighted by molar-refractivity contribution is -0.119. The maximum atomic E-state index is 10.7. The Hall–Kier alpha value is -1.69. The quantitative estimate of drug-likeness (QED) is 0.841. The Balaban J connectivity index is 2.08. The van der Waals surface area contributed by atoms with Crippen molar-refractivity contribution in [1.29, 1.82) is 0 Å². The van der Waals surface area contributed by atoms with Gasteiger partial charge in [0.25, 0.3) is 0 Å². The van der Waals surface area contributed by atoms with Crippen LogP contribution in [0.15, 0.2) is 23.0 Å². The monoisotopic (exact) mass is 222 g/mol. The van der Waals surface area contributed by atoms with Crippen molar-refractivity contribution in [2.75, 3.05) is 0 Å². The lowest BCUT2D eigenvalue weighted by atomic mass is 10.4. The Labute approximate surface area is 90.7 Å². The summed E-state index contributed by atoms with van der Waals surface area (Å²) in [5.41, 5.74) is 1.73. The second-order valence-electron chi connectivity index (χ2n) is 3.05. The third-order valence-corrected chi connectivity index (χ3v) is 2.50. The number of hydrogen-bond acceptors (Lipinski definition) is 4. The van der Waals surface area contributed by atoms with Crippen molar-refractivity contribution in [3.05, 3.63) is 28.7 Å². The molecule has 0 aliphatic heterocycles. The first-order valence-corrected chi connectivity index (χ1v) is 5.38. The highest BCUT2D eigenvalue weighted by Gasteiger charge is 2.03. The summed E-state index contributed by atoms with van der Waals surface area (Å²) in [6, 6.07) is 1.96. The van der Waals surface area contributed by atoms with Crippen LogP contribution >= 0.6 is 11.3 Å². The first-order valence-electron chi connectivity index (χ1n) is 4.44. The molecular weight excluding hydrogens is 212 g/mol. The van der Waals surface area contributed by atoms with E-state index in [9.17, 15) is 4.79 Å². The molecule has 2 rings (SSSR count). The normalized spacial score (nSPS) is 10.2. The zero-order valence-electron chi connectivity index (χ0n) is 8.17. The Bertz CT molecular complexity index is 448. The minimum absolute atomic E-state index is 0.0694. The maximum absolute atomic E-state index is 10.7. The molecule has 0 saturated carbocycles. The zero-order chi connectivity index (χ0) is 10.7.